The number of carboxylic acids is 2. The topological polar surface area (TPSA) is 380 Å². The van der Waals surface area contributed by atoms with Gasteiger partial charge in [0.25, 0.3) is 0 Å². The second kappa shape index (κ2) is 26.7. The van der Waals surface area contributed by atoms with Crippen molar-refractivity contribution in [2.24, 2.45) is 45.5 Å². The first-order valence-corrected chi connectivity index (χ1v) is 18.4. The van der Waals surface area contributed by atoms with E-state index in [1.54, 1.807) is 13.8 Å². The molecule has 0 aliphatic carbocycles. The zero-order chi connectivity index (χ0) is 42.2. The number of carbonyl (C=O) groups excluding carboxylic acids is 6. The maximum Gasteiger partial charge on any atom is 0.326 e. The SMILES string of the molecule is CC(C)C[C@H](NC(=O)[C@@H](N)CC(C)C)C(=O)N[C@@H](CCC(=O)O)C(=O)N[C@@H](CCC(N)=O)C(=O)N[C@@H](CCCCN)C(=O)N[C@@H](CCCN=C(N)N)C(=O)O. The van der Waals surface area contributed by atoms with Crippen LogP contribution < -0.4 is 55.3 Å². The summed E-state index contributed by atoms with van der Waals surface area (Å²) in [6, 6.07) is -7.78. The molecule has 0 aliphatic rings. The third-order valence-corrected chi connectivity index (χ3v) is 8.13. The van der Waals surface area contributed by atoms with Crippen LogP contribution in [0.2, 0.25) is 0 Å². The van der Waals surface area contributed by atoms with Crippen LogP contribution in [0.5, 0.6) is 0 Å². The van der Waals surface area contributed by atoms with Gasteiger partial charge in [-0.25, -0.2) is 4.79 Å². The summed E-state index contributed by atoms with van der Waals surface area (Å²) >= 11 is 0. The molecule has 0 unspecified atom stereocenters. The van der Waals surface area contributed by atoms with Gasteiger partial charge >= 0.3 is 11.9 Å². The monoisotopic (exact) mass is 785 g/mol. The number of nitrogens with zero attached hydrogens (tertiary/aromatic N) is 1. The zero-order valence-corrected chi connectivity index (χ0v) is 32.3. The van der Waals surface area contributed by atoms with E-state index in [1.165, 1.54) is 0 Å². The van der Waals surface area contributed by atoms with Gasteiger partial charge in [0.2, 0.25) is 35.4 Å². The van der Waals surface area contributed by atoms with Crippen LogP contribution >= 0.6 is 0 Å². The Kier molecular flexibility index (Phi) is 24.2. The molecule has 55 heavy (non-hydrogen) atoms. The molecule has 0 aromatic carbocycles. The second-order valence-electron chi connectivity index (χ2n) is 14.2. The molecule has 0 aromatic heterocycles. The molecule has 0 bridgehead atoms. The molecule has 21 nitrogen and oxygen atoms in total. The zero-order valence-electron chi connectivity index (χ0n) is 32.3. The largest absolute Gasteiger partial charge is 0.481 e. The second-order valence-corrected chi connectivity index (χ2v) is 14.2. The lowest BCUT2D eigenvalue weighted by molar-refractivity contribution is -0.142. The van der Waals surface area contributed by atoms with Gasteiger partial charge in [0, 0.05) is 19.4 Å². The number of rotatable bonds is 29. The summed E-state index contributed by atoms with van der Waals surface area (Å²) in [5.74, 6) is -7.85. The van der Waals surface area contributed by atoms with Crippen molar-refractivity contribution >= 4 is 53.3 Å². The quantitative estimate of drug-likeness (QED) is 0.0208. The summed E-state index contributed by atoms with van der Waals surface area (Å²) < 4.78 is 0. The number of hydrogen-bond donors (Lipinski definition) is 12. The first-order chi connectivity index (χ1) is 25.7. The van der Waals surface area contributed by atoms with Gasteiger partial charge in [0.1, 0.15) is 30.2 Å². The molecular formula is C34H63N11O10. The van der Waals surface area contributed by atoms with Crippen LogP contribution in [0, 0.1) is 11.8 Å². The average molecular weight is 786 g/mol. The molecule has 0 saturated heterocycles. The van der Waals surface area contributed by atoms with Crippen molar-refractivity contribution in [1.82, 2.24) is 26.6 Å². The van der Waals surface area contributed by atoms with E-state index in [-0.39, 0.29) is 63.0 Å². The van der Waals surface area contributed by atoms with Gasteiger partial charge in [0.15, 0.2) is 5.96 Å². The first-order valence-electron chi connectivity index (χ1n) is 18.4. The molecule has 21 heteroatoms. The van der Waals surface area contributed by atoms with Gasteiger partial charge < -0.3 is 65.5 Å². The lowest BCUT2D eigenvalue weighted by Crippen LogP contribution is -2.59. The van der Waals surface area contributed by atoms with Crippen LogP contribution in [-0.4, -0.2) is 113 Å². The Bertz CT molecular complexity index is 1320. The maximum absolute atomic E-state index is 13.7. The summed E-state index contributed by atoms with van der Waals surface area (Å²) in [6.07, 6.45) is -0.280. The number of unbranched alkanes of at least 4 members (excludes halogenated alkanes) is 1. The number of aliphatic imine (C=N–C) groups is 1. The van der Waals surface area contributed by atoms with E-state index in [2.05, 4.69) is 31.6 Å². The highest BCUT2D eigenvalue weighted by atomic mass is 16.4. The standard InChI is InChI=1S/C34H63N11O10/c1-18(2)16-20(36)28(49)45-25(17-19(3)4)32(53)43-23(11-13-27(47)48)31(52)42-22(10-12-26(37)46)30(51)41-21(8-5-6-14-35)29(50)44-24(33(54)55)9-7-15-40-34(38)39/h18-25H,5-17,35-36H2,1-4H3,(H2,37,46)(H,41,51)(H,42,52)(H,43,53)(H,44,50)(H,45,49)(H,47,48)(H,54,55)(H4,38,39,40)/t20-,21-,22-,23-,24-,25-/m0/s1. The Labute approximate surface area is 321 Å². The van der Waals surface area contributed by atoms with E-state index < -0.39 is 103 Å². The van der Waals surface area contributed by atoms with Gasteiger partial charge in [-0.05, 0) is 76.2 Å². The van der Waals surface area contributed by atoms with Crippen molar-refractivity contribution in [2.45, 2.75) is 135 Å². The smallest absolute Gasteiger partial charge is 0.326 e. The fraction of sp³-hybridized carbons (Fsp3) is 0.735. The maximum atomic E-state index is 13.7. The number of nitrogens with two attached hydrogens (primary N) is 5. The van der Waals surface area contributed by atoms with Crippen LogP contribution in [0.3, 0.4) is 0 Å². The number of nitrogens with one attached hydrogen (secondary N) is 5. The summed E-state index contributed by atoms with van der Waals surface area (Å²) in [7, 11) is 0. The minimum atomic E-state index is -1.53. The average Bonchev–Trinajstić information content (AvgIpc) is 3.07. The predicted molar refractivity (Wildman–Crippen MR) is 202 cm³/mol. The number of primary amides is 1. The molecule has 0 saturated carbocycles. The minimum Gasteiger partial charge on any atom is -0.481 e. The lowest BCUT2D eigenvalue weighted by atomic mass is 10.00. The van der Waals surface area contributed by atoms with Crippen LogP contribution in [0.4, 0.5) is 0 Å². The minimum absolute atomic E-state index is 0.0205. The molecule has 0 heterocycles. The molecule has 6 amide bonds. The fourth-order valence-electron chi connectivity index (χ4n) is 5.30. The molecule has 6 atom stereocenters. The first kappa shape index (κ1) is 49.9. The van der Waals surface area contributed by atoms with E-state index in [9.17, 15) is 48.6 Å². The molecule has 17 N–H and O–H groups in total. The van der Waals surface area contributed by atoms with E-state index in [0.29, 0.717) is 19.3 Å². The van der Waals surface area contributed by atoms with Gasteiger partial charge in [-0.3, -0.25) is 38.6 Å². The fourth-order valence-corrected chi connectivity index (χ4v) is 5.30. The van der Waals surface area contributed by atoms with Crippen molar-refractivity contribution in [3.05, 3.63) is 0 Å². The normalized spacial score (nSPS) is 14.3. The summed E-state index contributed by atoms with van der Waals surface area (Å²) in [6.45, 7) is 7.72. The van der Waals surface area contributed by atoms with Crippen LogP contribution in [0.25, 0.3) is 0 Å². The number of amides is 6. The summed E-state index contributed by atoms with van der Waals surface area (Å²) in [4.78, 5) is 106. The van der Waals surface area contributed by atoms with Crippen molar-refractivity contribution < 1.29 is 48.6 Å². The Morgan fingerprint density at radius 2 is 1.00 bits per heavy atom. The van der Waals surface area contributed by atoms with Crippen LogP contribution in [0.1, 0.15) is 98.3 Å². The van der Waals surface area contributed by atoms with Gasteiger partial charge in [0.05, 0.1) is 6.04 Å². The Balaban J connectivity index is 6.32. The Hall–Kier alpha value is -5.05. The number of guanidine groups is 1. The van der Waals surface area contributed by atoms with Gasteiger partial charge in [-0.15, -0.1) is 0 Å². The molecule has 0 rings (SSSR count). The number of aliphatic carboxylic acids is 2. The van der Waals surface area contributed by atoms with E-state index in [1.807, 2.05) is 13.8 Å². The van der Waals surface area contributed by atoms with Crippen LogP contribution in [-0.2, 0) is 38.4 Å². The molecular weight excluding hydrogens is 722 g/mol. The van der Waals surface area contributed by atoms with Crippen molar-refractivity contribution in [2.75, 3.05) is 13.1 Å². The predicted octanol–water partition coefficient (Wildman–Crippen LogP) is -2.77. The summed E-state index contributed by atoms with van der Waals surface area (Å²) in [5, 5.41) is 31.5. The molecule has 0 fully saturated rings. The highest BCUT2D eigenvalue weighted by Gasteiger charge is 2.33. The molecule has 0 aliphatic heterocycles. The van der Waals surface area contributed by atoms with Gasteiger partial charge in [-0.2, -0.15) is 0 Å². The Morgan fingerprint density at radius 3 is 1.44 bits per heavy atom. The van der Waals surface area contributed by atoms with E-state index >= 15 is 0 Å². The van der Waals surface area contributed by atoms with Crippen molar-refractivity contribution in [1.29, 1.82) is 0 Å². The van der Waals surface area contributed by atoms with Crippen LogP contribution in [0.15, 0.2) is 4.99 Å². The highest BCUT2D eigenvalue weighted by Crippen LogP contribution is 2.11. The third kappa shape index (κ3) is 22.7. The van der Waals surface area contributed by atoms with Crippen molar-refractivity contribution in [3.8, 4) is 0 Å². The summed E-state index contributed by atoms with van der Waals surface area (Å²) in [5.41, 5.74) is 27.5. The highest BCUT2D eigenvalue weighted by molar-refractivity contribution is 5.96. The van der Waals surface area contributed by atoms with E-state index in [0.717, 1.165) is 0 Å². The number of carbonyl (C=O) groups is 8. The van der Waals surface area contributed by atoms with Crippen molar-refractivity contribution in [3.63, 3.8) is 0 Å². The molecule has 314 valence electrons. The molecule has 0 spiro atoms. The number of carboxylic acid groups (broad SMARTS) is 2. The lowest BCUT2D eigenvalue weighted by Gasteiger charge is -2.27. The van der Waals surface area contributed by atoms with Gasteiger partial charge in [-0.1, -0.05) is 27.7 Å². The van der Waals surface area contributed by atoms with E-state index in [4.69, 9.17) is 28.7 Å². The third-order valence-electron chi connectivity index (χ3n) is 8.13. The Morgan fingerprint density at radius 1 is 0.564 bits per heavy atom. The number of hydrogen-bond acceptors (Lipinski definition) is 11. The molecule has 0 radical (unpaired) electrons. The molecule has 0 aromatic rings.